The van der Waals surface area contributed by atoms with Gasteiger partial charge in [-0.1, -0.05) is 30.3 Å². The molecule has 1 aliphatic heterocycles. The van der Waals surface area contributed by atoms with Crippen LogP contribution in [-0.4, -0.2) is 31.9 Å². The molecule has 0 spiro atoms. The Hall–Kier alpha value is -1.39. The molecule has 1 saturated heterocycles. The SMILES string of the molecule is CCOCCOC(=O)[C@@H]1O[C@]1(C)c1ccccc1. The van der Waals surface area contributed by atoms with Crippen LogP contribution in [0.25, 0.3) is 0 Å². The third kappa shape index (κ3) is 2.71. The average molecular weight is 250 g/mol. The number of carbonyl (C=O) groups excluding carboxylic acids is 1. The van der Waals surface area contributed by atoms with Gasteiger partial charge in [-0.25, -0.2) is 4.79 Å². The molecule has 0 unspecified atom stereocenters. The van der Waals surface area contributed by atoms with Gasteiger partial charge in [0.15, 0.2) is 6.10 Å². The Morgan fingerprint density at radius 1 is 1.33 bits per heavy atom. The van der Waals surface area contributed by atoms with E-state index in [0.29, 0.717) is 13.2 Å². The van der Waals surface area contributed by atoms with Crippen molar-refractivity contribution in [2.75, 3.05) is 19.8 Å². The third-order valence-electron chi connectivity index (χ3n) is 3.04. The number of benzene rings is 1. The number of rotatable bonds is 6. The molecule has 2 rings (SSSR count). The van der Waals surface area contributed by atoms with Gasteiger partial charge in [0.25, 0.3) is 0 Å². The largest absolute Gasteiger partial charge is 0.461 e. The normalized spacial score (nSPS) is 25.8. The van der Waals surface area contributed by atoms with E-state index in [9.17, 15) is 4.79 Å². The summed E-state index contributed by atoms with van der Waals surface area (Å²) in [6, 6.07) is 9.70. The summed E-state index contributed by atoms with van der Waals surface area (Å²) in [6.45, 7) is 5.13. The molecule has 1 fully saturated rings. The average Bonchev–Trinajstić information content (AvgIpc) is 3.10. The van der Waals surface area contributed by atoms with Gasteiger partial charge in [-0.2, -0.15) is 0 Å². The first-order valence-electron chi connectivity index (χ1n) is 6.16. The van der Waals surface area contributed by atoms with Crippen LogP contribution in [0.2, 0.25) is 0 Å². The number of ether oxygens (including phenoxy) is 3. The quantitative estimate of drug-likeness (QED) is 0.439. The highest BCUT2D eigenvalue weighted by Gasteiger charge is 2.59. The maximum atomic E-state index is 11.8. The standard InChI is InChI=1S/C14H18O4/c1-3-16-9-10-17-13(15)12-14(2,18-12)11-7-5-4-6-8-11/h4-8,12H,3,9-10H2,1-2H3/t12-,14+/m0/s1. The lowest BCUT2D eigenvalue weighted by molar-refractivity contribution is -0.146. The first kappa shape index (κ1) is 13.1. The predicted octanol–water partition coefficient (Wildman–Crippen LogP) is 1.88. The smallest absolute Gasteiger partial charge is 0.338 e. The molecule has 1 heterocycles. The molecular formula is C14H18O4. The molecular weight excluding hydrogens is 232 g/mol. The first-order valence-corrected chi connectivity index (χ1v) is 6.16. The first-order chi connectivity index (χ1) is 8.68. The van der Waals surface area contributed by atoms with Gasteiger partial charge in [-0.15, -0.1) is 0 Å². The van der Waals surface area contributed by atoms with E-state index in [2.05, 4.69) is 0 Å². The Morgan fingerprint density at radius 3 is 2.72 bits per heavy atom. The van der Waals surface area contributed by atoms with Gasteiger partial charge < -0.3 is 14.2 Å². The summed E-state index contributed by atoms with van der Waals surface area (Å²) in [7, 11) is 0. The topological polar surface area (TPSA) is 48.1 Å². The maximum absolute atomic E-state index is 11.8. The van der Waals surface area contributed by atoms with E-state index in [1.807, 2.05) is 44.2 Å². The van der Waals surface area contributed by atoms with Crippen molar-refractivity contribution in [1.82, 2.24) is 0 Å². The van der Waals surface area contributed by atoms with Gasteiger partial charge in [0.2, 0.25) is 0 Å². The summed E-state index contributed by atoms with van der Waals surface area (Å²) in [5.41, 5.74) is 0.459. The Bertz CT molecular complexity index is 404. The van der Waals surface area contributed by atoms with Crippen molar-refractivity contribution < 1.29 is 19.0 Å². The molecule has 1 aliphatic rings. The minimum absolute atomic E-state index is 0.275. The van der Waals surface area contributed by atoms with Crippen LogP contribution >= 0.6 is 0 Å². The van der Waals surface area contributed by atoms with E-state index in [1.165, 1.54) is 0 Å². The molecule has 0 aliphatic carbocycles. The van der Waals surface area contributed by atoms with Gasteiger partial charge in [0.05, 0.1) is 6.61 Å². The van der Waals surface area contributed by atoms with E-state index < -0.39 is 11.7 Å². The molecule has 1 aromatic carbocycles. The number of epoxide rings is 1. The van der Waals surface area contributed by atoms with E-state index in [0.717, 1.165) is 5.56 Å². The summed E-state index contributed by atoms with van der Waals surface area (Å²) in [5, 5.41) is 0. The van der Waals surface area contributed by atoms with E-state index in [1.54, 1.807) is 0 Å². The second-order valence-corrected chi connectivity index (χ2v) is 4.34. The zero-order chi connectivity index (χ0) is 13.0. The molecule has 18 heavy (non-hydrogen) atoms. The minimum Gasteiger partial charge on any atom is -0.461 e. The van der Waals surface area contributed by atoms with Gasteiger partial charge in [0, 0.05) is 6.61 Å². The molecule has 0 saturated carbocycles. The zero-order valence-corrected chi connectivity index (χ0v) is 10.7. The number of esters is 1. The molecule has 2 atom stereocenters. The highest BCUT2D eigenvalue weighted by atomic mass is 16.7. The molecule has 0 N–H and O–H groups in total. The molecule has 0 aromatic heterocycles. The Kier molecular flexibility index (Phi) is 3.99. The molecule has 4 nitrogen and oxygen atoms in total. The fourth-order valence-electron chi connectivity index (χ4n) is 1.89. The van der Waals surface area contributed by atoms with Crippen molar-refractivity contribution in [3.63, 3.8) is 0 Å². The summed E-state index contributed by atoms with van der Waals surface area (Å²) >= 11 is 0. The number of carbonyl (C=O) groups is 1. The van der Waals surface area contributed by atoms with Gasteiger partial charge >= 0.3 is 5.97 Å². The van der Waals surface area contributed by atoms with Crippen LogP contribution in [0.15, 0.2) is 30.3 Å². The molecule has 98 valence electrons. The number of hydrogen-bond acceptors (Lipinski definition) is 4. The van der Waals surface area contributed by atoms with Crippen molar-refractivity contribution in [2.45, 2.75) is 25.6 Å². The minimum atomic E-state index is -0.538. The molecule has 0 radical (unpaired) electrons. The van der Waals surface area contributed by atoms with Crippen LogP contribution in [0, 0.1) is 0 Å². The fraction of sp³-hybridized carbons (Fsp3) is 0.500. The Balaban J connectivity index is 1.84. The lowest BCUT2D eigenvalue weighted by atomic mass is 9.97. The summed E-state index contributed by atoms with van der Waals surface area (Å²) in [5.74, 6) is -0.318. The van der Waals surface area contributed by atoms with Gasteiger partial charge in [-0.3, -0.25) is 0 Å². The van der Waals surface area contributed by atoms with E-state index >= 15 is 0 Å². The van der Waals surface area contributed by atoms with Crippen LogP contribution in [-0.2, 0) is 24.6 Å². The Labute approximate surface area is 107 Å². The third-order valence-corrected chi connectivity index (χ3v) is 3.04. The van der Waals surface area contributed by atoms with Crippen LogP contribution in [0.1, 0.15) is 19.4 Å². The predicted molar refractivity (Wildman–Crippen MR) is 66.1 cm³/mol. The van der Waals surface area contributed by atoms with Gasteiger partial charge in [-0.05, 0) is 19.4 Å². The fourth-order valence-corrected chi connectivity index (χ4v) is 1.89. The molecule has 0 bridgehead atoms. The van der Waals surface area contributed by atoms with Gasteiger partial charge in [0.1, 0.15) is 12.2 Å². The summed E-state index contributed by atoms with van der Waals surface area (Å²) < 4.78 is 15.7. The second-order valence-electron chi connectivity index (χ2n) is 4.34. The van der Waals surface area contributed by atoms with E-state index in [-0.39, 0.29) is 12.6 Å². The maximum Gasteiger partial charge on any atom is 0.338 e. The molecule has 0 amide bonds. The van der Waals surface area contributed by atoms with Crippen LogP contribution in [0.3, 0.4) is 0 Å². The van der Waals surface area contributed by atoms with E-state index in [4.69, 9.17) is 14.2 Å². The highest BCUT2D eigenvalue weighted by molar-refractivity contribution is 5.79. The highest BCUT2D eigenvalue weighted by Crippen LogP contribution is 2.46. The van der Waals surface area contributed by atoms with Crippen molar-refractivity contribution in [1.29, 1.82) is 0 Å². The zero-order valence-electron chi connectivity index (χ0n) is 10.7. The van der Waals surface area contributed by atoms with Crippen molar-refractivity contribution in [3.8, 4) is 0 Å². The summed E-state index contributed by atoms with van der Waals surface area (Å²) in [4.78, 5) is 11.8. The summed E-state index contributed by atoms with van der Waals surface area (Å²) in [6.07, 6.45) is -0.499. The lowest BCUT2D eigenvalue weighted by Gasteiger charge is -2.07. The van der Waals surface area contributed by atoms with Crippen LogP contribution < -0.4 is 0 Å². The molecule has 1 aromatic rings. The van der Waals surface area contributed by atoms with Crippen molar-refractivity contribution >= 4 is 5.97 Å². The lowest BCUT2D eigenvalue weighted by Crippen LogP contribution is -2.20. The van der Waals surface area contributed by atoms with Crippen LogP contribution in [0.4, 0.5) is 0 Å². The Morgan fingerprint density at radius 2 is 2.06 bits per heavy atom. The van der Waals surface area contributed by atoms with Crippen LogP contribution in [0.5, 0.6) is 0 Å². The van der Waals surface area contributed by atoms with Crippen molar-refractivity contribution in [2.24, 2.45) is 0 Å². The number of hydrogen-bond donors (Lipinski definition) is 0. The monoisotopic (exact) mass is 250 g/mol. The molecule has 4 heteroatoms. The van der Waals surface area contributed by atoms with Crippen molar-refractivity contribution in [3.05, 3.63) is 35.9 Å². The second kappa shape index (κ2) is 5.50.